The number of carbonyl (C=O) groups is 1. The standard InChI is InChI=1S/C14H18N4OS/c1-17-8-11(7-16-17)13(15)14(19)18-5-2-3-12(18)10-4-6-20-9-10/h4,6-9,12-13H,2-3,5,15H2,1H3. The van der Waals surface area contributed by atoms with Crippen molar-refractivity contribution in [2.75, 3.05) is 6.54 Å². The molecule has 2 N–H and O–H groups in total. The molecule has 0 saturated carbocycles. The molecule has 0 aromatic carbocycles. The van der Waals surface area contributed by atoms with E-state index in [4.69, 9.17) is 5.73 Å². The zero-order chi connectivity index (χ0) is 14.1. The predicted octanol–water partition coefficient (Wildman–Crippen LogP) is 1.85. The minimum atomic E-state index is -0.622. The van der Waals surface area contributed by atoms with Crippen molar-refractivity contribution in [2.45, 2.75) is 24.9 Å². The minimum absolute atomic E-state index is 0.00769. The van der Waals surface area contributed by atoms with Gasteiger partial charge in [0.15, 0.2) is 0 Å². The molecule has 1 aliphatic heterocycles. The lowest BCUT2D eigenvalue weighted by atomic mass is 10.1. The van der Waals surface area contributed by atoms with Crippen LogP contribution in [0.4, 0.5) is 0 Å². The number of rotatable bonds is 3. The first-order valence-corrected chi connectivity index (χ1v) is 7.68. The molecule has 2 unspecified atom stereocenters. The van der Waals surface area contributed by atoms with Gasteiger partial charge in [0.1, 0.15) is 6.04 Å². The monoisotopic (exact) mass is 290 g/mol. The van der Waals surface area contributed by atoms with Crippen molar-refractivity contribution < 1.29 is 4.79 Å². The van der Waals surface area contributed by atoms with Gasteiger partial charge in [0.25, 0.3) is 0 Å². The summed E-state index contributed by atoms with van der Waals surface area (Å²) in [5.74, 6) is -0.00769. The Labute approximate surface area is 122 Å². The molecule has 2 aromatic rings. The van der Waals surface area contributed by atoms with E-state index in [1.54, 1.807) is 28.4 Å². The van der Waals surface area contributed by atoms with E-state index in [2.05, 4.69) is 21.9 Å². The highest BCUT2D eigenvalue weighted by Gasteiger charge is 2.33. The first-order valence-electron chi connectivity index (χ1n) is 6.73. The van der Waals surface area contributed by atoms with Crippen LogP contribution in [0, 0.1) is 0 Å². The quantitative estimate of drug-likeness (QED) is 0.938. The van der Waals surface area contributed by atoms with Crippen LogP contribution in [0.3, 0.4) is 0 Å². The third kappa shape index (κ3) is 2.36. The summed E-state index contributed by atoms with van der Waals surface area (Å²) in [6, 6.07) is 1.65. The van der Waals surface area contributed by atoms with E-state index in [0.29, 0.717) is 0 Å². The van der Waals surface area contributed by atoms with Crippen LogP contribution < -0.4 is 5.73 Å². The van der Waals surface area contributed by atoms with E-state index in [-0.39, 0.29) is 11.9 Å². The Hall–Kier alpha value is -1.66. The zero-order valence-electron chi connectivity index (χ0n) is 11.4. The number of thiophene rings is 1. The molecule has 0 aliphatic carbocycles. The summed E-state index contributed by atoms with van der Waals surface area (Å²) in [6.45, 7) is 0.785. The van der Waals surface area contributed by atoms with E-state index >= 15 is 0 Å². The molecule has 1 amide bonds. The van der Waals surface area contributed by atoms with E-state index in [0.717, 1.165) is 24.9 Å². The number of likely N-dealkylation sites (tertiary alicyclic amines) is 1. The van der Waals surface area contributed by atoms with Crippen LogP contribution in [0.5, 0.6) is 0 Å². The Morgan fingerprint density at radius 3 is 3.10 bits per heavy atom. The Bertz CT molecular complexity index is 592. The van der Waals surface area contributed by atoms with Crippen LogP contribution in [0.1, 0.15) is 36.1 Å². The Morgan fingerprint density at radius 1 is 1.60 bits per heavy atom. The highest BCUT2D eigenvalue weighted by molar-refractivity contribution is 7.07. The molecule has 106 valence electrons. The summed E-state index contributed by atoms with van der Waals surface area (Å²) in [6.07, 6.45) is 5.52. The second-order valence-corrected chi connectivity index (χ2v) is 5.95. The maximum Gasteiger partial charge on any atom is 0.244 e. The van der Waals surface area contributed by atoms with Crippen molar-refractivity contribution in [3.05, 3.63) is 40.3 Å². The molecule has 2 aromatic heterocycles. The molecule has 6 heteroatoms. The van der Waals surface area contributed by atoms with Gasteiger partial charge in [-0.1, -0.05) is 0 Å². The fourth-order valence-corrected chi connectivity index (χ4v) is 3.47. The third-order valence-electron chi connectivity index (χ3n) is 3.81. The molecular weight excluding hydrogens is 272 g/mol. The third-order valence-corrected chi connectivity index (χ3v) is 4.52. The van der Waals surface area contributed by atoms with Gasteiger partial charge in [0.2, 0.25) is 5.91 Å². The van der Waals surface area contributed by atoms with Crippen molar-refractivity contribution >= 4 is 17.2 Å². The van der Waals surface area contributed by atoms with Crippen LogP contribution in [-0.4, -0.2) is 27.1 Å². The average Bonchev–Trinajstić information content (AvgIpc) is 3.16. The SMILES string of the molecule is Cn1cc(C(N)C(=O)N2CCCC2c2ccsc2)cn1. The van der Waals surface area contributed by atoms with Gasteiger partial charge in [0, 0.05) is 25.4 Å². The first kappa shape index (κ1) is 13.3. The molecule has 3 heterocycles. The number of hydrogen-bond donors (Lipinski definition) is 1. The van der Waals surface area contributed by atoms with Crippen LogP contribution in [0.2, 0.25) is 0 Å². The second-order valence-electron chi connectivity index (χ2n) is 5.17. The predicted molar refractivity (Wildman–Crippen MR) is 78.1 cm³/mol. The van der Waals surface area contributed by atoms with Crippen molar-refractivity contribution in [1.29, 1.82) is 0 Å². The zero-order valence-corrected chi connectivity index (χ0v) is 12.2. The summed E-state index contributed by atoms with van der Waals surface area (Å²) in [7, 11) is 1.82. The van der Waals surface area contributed by atoms with Gasteiger partial charge >= 0.3 is 0 Å². The molecule has 1 saturated heterocycles. The van der Waals surface area contributed by atoms with Gasteiger partial charge in [-0.25, -0.2) is 0 Å². The second kappa shape index (κ2) is 5.38. The van der Waals surface area contributed by atoms with Crippen LogP contribution in [0.25, 0.3) is 0 Å². The van der Waals surface area contributed by atoms with Gasteiger partial charge in [-0.3, -0.25) is 9.48 Å². The number of aromatic nitrogens is 2. The van der Waals surface area contributed by atoms with Crippen molar-refractivity contribution in [3.63, 3.8) is 0 Å². The van der Waals surface area contributed by atoms with Gasteiger partial charge in [-0.2, -0.15) is 16.4 Å². The molecule has 1 aliphatic rings. The molecule has 2 atom stereocenters. The Kier molecular flexibility index (Phi) is 3.58. The molecule has 5 nitrogen and oxygen atoms in total. The lowest BCUT2D eigenvalue weighted by Crippen LogP contribution is -2.37. The minimum Gasteiger partial charge on any atom is -0.334 e. The fourth-order valence-electron chi connectivity index (χ4n) is 2.76. The average molecular weight is 290 g/mol. The Morgan fingerprint density at radius 2 is 2.45 bits per heavy atom. The van der Waals surface area contributed by atoms with Crippen LogP contribution in [0.15, 0.2) is 29.2 Å². The van der Waals surface area contributed by atoms with E-state index < -0.39 is 6.04 Å². The summed E-state index contributed by atoms with van der Waals surface area (Å²) in [5.41, 5.74) is 8.10. The van der Waals surface area contributed by atoms with Crippen LogP contribution >= 0.6 is 11.3 Å². The number of amides is 1. The van der Waals surface area contributed by atoms with E-state index in [1.807, 2.05) is 11.9 Å². The molecule has 20 heavy (non-hydrogen) atoms. The smallest absolute Gasteiger partial charge is 0.244 e. The molecule has 0 radical (unpaired) electrons. The summed E-state index contributed by atoms with van der Waals surface area (Å²) in [4.78, 5) is 14.5. The molecule has 1 fully saturated rings. The normalized spacial score (nSPS) is 20.3. The highest BCUT2D eigenvalue weighted by Crippen LogP contribution is 2.34. The topological polar surface area (TPSA) is 64.2 Å². The van der Waals surface area contributed by atoms with Crippen LogP contribution in [-0.2, 0) is 11.8 Å². The van der Waals surface area contributed by atoms with Gasteiger partial charge in [-0.15, -0.1) is 0 Å². The summed E-state index contributed by atoms with van der Waals surface area (Å²) < 4.78 is 1.67. The lowest BCUT2D eigenvalue weighted by molar-refractivity contribution is -0.133. The fraction of sp³-hybridized carbons (Fsp3) is 0.429. The van der Waals surface area contributed by atoms with Crippen molar-refractivity contribution in [3.8, 4) is 0 Å². The number of nitrogens with zero attached hydrogens (tertiary/aromatic N) is 3. The summed E-state index contributed by atoms with van der Waals surface area (Å²) >= 11 is 1.67. The lowest BCUT2D eigenvalue weighted by Gasteiger charge is -2.26. The first-order chi connectivity index (χ1) is 9.66. The largest absolute Gasteiger partial charge is 0.334 e. The summed E-state index contributed by atoms with van der Waals surface area (Å²) in [5, 5.41) is 8.25. The Balaban J connectivity index is 1.79. The number of aryl methyl sites for hydroxylation is 1. The van der Waals surface area contributed by atoms with E-state index in [9.17, 15) is 4.79 Å². The molecule has 0 bridgehead atoms. The molecule has 0 spiro atoms. The number of hydrogen-bond acceptors (Lipinski definition) is 4. The van der Waals surface area contributed by atoms with Crippen molar-refractivity contribution in [2.24, 2.45) is 12.8 Å². The maximum absolute atomic E-state index is 12.6. The number of carbonyl (C=O) groups excluding carboxylic acids is 1. The maximum atomic E-state index is 12.6. The van der Waals surface area contributed by atoms with Crippen molar-refractivity contribution in [1.82, 2.24) is 14.7 Å². The highest BCUT2D eigenvalue weighted by atomic mass is 32.1. The van der Waals surface area contributed by atoms with Gasteiger partial charge in [-0.05, 0) is 35.2 Å². The molecular formula is C14H18N4OS. The number of nitrogens with two attached hydrogens (primary N) is 1. The van der Waals surface area contributed by atoms with Gasteiger partial charge < -0.3 is 10.6 Å². The van der Waals surface area contributed by atoms with E-state index in [1.165, 1.54) is 5.56 Å². The molecule has 3 rings (SSSR count). The van der Waals surface area contributed by atoms with Gasteiger partial charge in [0.05, 0.1) is 12.2 Å².